The normalized spacial score (nSPS) is 26.6. The van der Waals surface area contributed by atoms with Crippen molar-refractivity contribution in [1.82, 2.24) is 5.32 Å². The van der Waals surface area contributed by atoms with Crippen LogP contribution in [0.2, 0.25) is 0 Å². The molecule has 1 unspecified atom stereocenters. The zero-order valence-corrected chi connectivity index (χ0v) is 12.4. The fourth-order valence-electron chi connectivity index (χ4n) is 2.63. The van der Waals surface area contributed by atoms with Crippen molar-refractivity contribution in [2.45, 2.75) is 71.9 Å². The fourth-order valence-corrected chi connectivity index (χ4v) is 2.63. The summed E-state index contributed by atoms with van der Waals surface area (Å²) in [5.41, 5.74) is 0.461. The van der Waals surface area contributed by atoms with Crippen LogP contribution in [0.5, 0.6) is 0 Å². The zero-order chi connectivity index (χ0) is 12.9. The van der Waals surface area contributed by atoms with Crippen LogP contribution < -0.4 is 5.32 Å². The molecule has 1 aliphatic rings. The second-order valence-electron chi connectivity index (χ2n) is 6.74. The first-order valence-corrected chi connectivity index (χ1v) is 7.23. The van der Waals surface area contributed by atoms with Gasteiger partial charge in [0, 0.05) is 12.6 Å². The molecule has 1 rings (SSSR count). The van der Waals surface area contributed by atoms with Gasteiger partial charge in [0.15, 0.2) is 0 Å². The van der Waals surface area contributed by atoms with Crippen LogP contribution in [0.4, 0.5) is 0 Å². The van der Waals surface area contributed by atoms with Gasteiger partial charge in [-0.15, -0.1) is 0 Å². The molecule has 0 heterocycles. The molecule has 1 saturated carbocycles. The van der Waals surface area contributed by atoms with Crippen molar-refractivity contribution in [3.8, 4) is 0 Å². The number of nitrogens with one attached hydrogen (secondary N) is 1. The summed E-state index contributed by atoms with van der Waals surface area (Å²) < 4.78 is 5.62. The van der Waals surface area contributed by atoms with Crippen molar-refractivity contribution in [3.63, 3.8) is 0 Å². The Labute approximate surface area is 108 Å². The fraction of sp³-hybridized carbons (Fsp3) is 1.00. The summed E-state index contributed by atoms with van der Waals surface area (Å²) in [7, 11) is 2.10. The monoisotopic (exact) mass is 241 g/mol. The molecule has 0 bridgehead atoms. The van der Waals surface area contributed by atoms with Gasteiger partial charge in [0.25, 0.3) is 0 Å². The summed E-state index contributed by atoms with van der Waals surface area (Å²) in [4.78, 5) is 0. The van der Waals surface area contributed by atoms with Crippen LogP contribution >= 0.6 is 0 Å². The Morgan fingerprint density at radius 3 is 2.41 bits per heavy atom. The zero-order valence-electron chi connectivity index (χ0n) is 12.4. The Bertz CT molecular complexity index is 203. The number of hydrogen-bond acceptors (Lipinski definition) is 2. The van der Waals surface area contributed by atoms with Gasteiger partial charge in [0.05, 0.1) is 6.10 Å². The Morgan fingerprint density at radius 2 is 1.94 bits per heavy atom. The number of ether oxygens (including phenoxy) is 1. The highest BCUT2D eigenvalue weighted by Gasteiger charge is 2.31. The molecule has 2 heteroatoms. The van der Waals surface area contributed by atoms with Gasteiger partial charge in [-0.2, -0.15) is 0 Å². The summed E-state index contributed by atoms with van der Waals surface area (Å²) in [6.45, 7) is 9.94. The molecular formula is C15H31NO. The lowest BCUT2D eigenvalue weighted by molar-refractivity contribution is -0.0292. The maximum Gasteiger partial charge on any atom is 0.0580 e. The average molecular weight is 241 g/mol. The second kappa shape index (κ2) is 6.75. The first-order valence-electron chi connectivity index (χ1n) is 7.23. The summed E-state index contributed by atoms with van der Waals surface area (Å²) in [5.74, 6) is 0.893. The minimum atomic E-state index is 0.461. The van der Waals surface area contributed by atoms with E-state index in [1.165, 1.54) is 32.1 Å². The molecule has 0 spiro atoms. The van der Waals surface area contributed by atoms with Crippen molar-refractivity contribution >= 4 is 0 Å². The van der Waals surface area contributed by atoms with Gasteiger partial charge in [0.2, 0.25) is 0 Å². The maximum absolute atomic E-state index is 5.62. The smallest absolute Gasteiger partial charge is 0.0580 e. The average Bonchev–Trinajstić information content (AvgIpc) is 2.18. The molecule has 0 aromatic carbocycles. The lowest BCUT2D eigenvalue weighted by Gasteiger charge is -2.37. The third-order valence-corrected chi connectivity index (χ3v) is 3.86. The summed E-state index contributed by atoms with van der Waals surface area (Å²) in [6, 6.07) is 0.696. The highest BCUT2D eigenvalue weighted by atomic mass is 16.5. The summed E-state index contributed by atoms with van der Waals surface area (Å²) in [5, 5.41) is 3.48. The Kier molecular flexibility index (Phi) is 5.94. The molecule has 102 valence electrons. The molecule has 2 nitrogen and oxygen atoms in total. The molecule has 0 amide bonds. The van der Waals surface area contributed by atoms with E-state index in [4.69, 9.17) is 4.74 Å². The third-order valence-electron chi connectivity index (χ3n) is 3.86. The van der Waals surface area contributed by atoms with Crippen LogP contribution in [0.1, 0.15) is 59.8 Å². The highest BCUT2D eigenvalue weighted by molar-refractivity contribution is 4.84. The SMILES string of the molecule is CCOC1CC(CC(CCC(C)(C)C)NC)C1. The minimum Gasteiger partial charge on any atom is -0.378 e. The molecule has 1 aliphatic carbocycles. The van der Waals surface area contributed by atoms with Crippen LogP contribution in [-0.2, 0) is 4.74 Å². The van der Waals surface area contributed by atoms with Gasteiger partial charge in [0.1, 0.15) is 0 Å². The largest absolute Gasteiger partial charge is 0.378 e. The first kappa shape index (κ1) is 15.0. The van der Waals surface area contributed by atoms with Crippen molar-refractivity contribution in [2.24, 2.45) is 11.3 Å². The van der Waals surface area contributed by atoms with Crippen molar-refractivity contribution < 1.29 is 4.74 Å². The molecule has 1 N–H and O–H groups in total. The molecule has 0 radical (unpaired) electrons. The molecule has 1 fully saturated rings. The quantitative estimate of drug-likeness (QED) is 0.735. The van der Waals surface area contributed by atoms with E-state index in [0.717, 1.165) is 12.5 Å². The second-order valence-corrected chi connectivity index (χ2v) is 6.74. The standard InChI is InChI=1S/C15H31NO/c1-6-17-14-10-12(11-14)9-13(16-5)7-8-15(2,3)4/h12-14,16H,6-11H2,1-5H3. The Balaban J connectivity index is 2.16. The van der Waals surface area contributed by atoms with Crippen molar-refractivity contribution in [2.75, 3.05) is 13.7 Å². The molecule has 0 aromatic rings. The molecular weight excluding hydrogens is 210 g/mol. The Hall–Kier alpha value is -0.0800. The molecule has 17 heavy (non-hydrogen) atoms. The van der Waals surface area contributed by atoms with Gasteiger partial charge < -0.3 is 10.1 Å². The molecule has 0 saturated heterocycles. The van der Waals surface area contributed by atoms with E-state index in [1.54, 1.807) is 0 Å². The third kappa shape index (κ3) is 5.87. The maximum atomic E-state index is 5.62. The van der Waals surface area contributed by atoms with Crippen LogP contribution in [0.3, 0.4) is 0 Å². The topological polar surface area (TPSA) is 21.3 Å². The van der Waals surface area contributed by atoms with E-state index >= 15 is 0 Å². The molecule has 0 aliphatic heterocycles. The van der Waals surface area contributed by atoms with Crippen LogP contribution in [0.15, 0.2) is 0 Å². The van der Waals surface area contributed by atoms with Gasteiger partial charge in [-0.1, -0.05) is 20.8 Å². The Morgan fingerprint density at radius 1 is 1.29 bits per heavy atom. The minimum absolute atomic E-state index is 0.461. The summed E-state index contributed by atoms with van der Waals surface area (Å²) >= 11 is 0. The predicted octanol–water partition coefficient (Wildman–Crippen LogP) is 3.61. The van der Waals surface area contributed by atoms with Gasteiger partial charge in [-0.25, -0.2) is 0 Å². The number of hydrogen-bond donors (Lipinski definition) is 1. The molecule has 1 atom stereocenters. The van der Waals surface area contributed by atoms with Crippen LogP contribution in [0, 0.1) is 11.3 Å². The van der Waals surface area contributed by atoms with Gasteiger partial charge in [-0.3, -0.25) is 0 Å². The molecule has 0 aromatic heterocycles. The van der Waals surface area contributed by atoms with Crippen LogP contribution in [0.25, 0.3) is 0 Å². The lowest BCUT2D eigenvalue weighted by atomic mass is 9.76. The first-order chi connectivity index (χ1) is 7.94. The number of rotatable bonds is 7. The van der Waals surface area contributed by atoms with Gasteiger partial charge in [-0.05, 0) is 57.4 Å². The van der Waals surface area contributed by atoms with E-state index in [-0.39, 0.29) is 0 Å². The van der Waals surface area contributed by atoms with Gasteiger partial charge >= 0.3 is 0 Å². The predicted molar refractivity (Wildman–Crippen MR) is 74.3 cm³/mol. The highest BCUT2D eigenvalue weighted by Crippen LogP contribution is 2.34. The van der Waals surface area contributed by atoms with E-state index in [1.807, 2.05) is 0 Å². The lowest BCUT2D eigenvalue weighted by Crippen LogP contribution is -2.37. The van der Waals surface area contributed by atoms with Crippen molar-refractivity contribution in [3.05, 3.63) is 0 Å². The van der Waals surface area contributed by atoms with E-state index in [0.29, 0.717) is 17.6 Å². The van der Waals surface area contributed by atoms with E-state index < -0.39 is 0 Å². The summed E-state index contributed by atoms with van der Waals surface area (Å²) in [6.07, 6.45) is 7.06. The van der Waals surface area contributed by atoms with Crippen LogP contribution in [-0.4, -0.2) is 25.8 Å². The van der Waals surface area contributed by atoms with Crippen molar-refractivity contribution in [1.29, 1.82) is 0 Å². The van der Waals surface area contributed by atoms with E-state index in [2.05, 4.69) is 40.1 Å². The van der Waals surface area contributed by atoms with E-state index in [9.17, 15) is 0 Å².